The van der Waals surface area contributed by atoms with Gasteiger partial charge in [0, 0.05) is 12.1 Å². The molecule has 3 N–H and O–H groups in total. The number of hydrogen-bond acceptors (Lipinski definition) is 3. The fraction of sp³-hybridized carbons (Fsp3) is 0.500. The smallest absolute Gasteiger partial charge is 0.224 e. The van der Waals surface area contributed by atoms with Crippen molar-refractivity contribution in [3.8, 4) is 5.75 Å². The summed E-state index contributed by atoms with van der Waals surface area (Å²) >= 11 is 0. The summed E-state index contributed by atoms with van der Waals surface area (Å²) in [4.78, 5) is 11.5. The molecule has 0 saturated carbocycles. The van der Waals surface area contributed by atoms with E-state index in [9.17, 15) is 4.79 Å². The molecule has 0 aliphatic carbocycles. The molecule has 1 aromatic carbocycles. The highest BCUT2D eigenvalue weighted by atomic mass is 16.5. The van der Waals surface area contributed by atoms with Crippen LogP contribution in [0.3, 0.4) is 0 Å². The van der Waals surface area contributed by atoms with E-state index in [4.69, 9.17) is 10.5 Å². The molecule has 0 aromatic heterocycles. The van der Waals surface area contributed by atoms with Crippen LogP contribution in [-0.4, -0.2) is 18.6 Å². The fourth-order valence-electron chi connectivity index (χ4n) is 1.60. The lowest BCUT2D eigenvalue weighted by molar-refractivity contribution is -0.116. The zero-order chi connectivity index (χ0) is 13.5. The summed E-state index contributed by atoms with van der Waals surface area (Å²) in [5.41, 5.74) is 7.18. The van der Waals surface area contributed by atoms with Crippen LogP contribution in [0.15, 0.2) is 18.2 Å². The number of nitrogens with two attached hydrogens (primary N) is 1. The Hall–Kier alpha value is -1.55. The first-order valence-corrected chi connectivity index (χ1v) is 6.30. The number of anilines is 1. The Balaban J connectivity index is 2.63. The maximum absolute atomic E-state index is 11.5. The summed E-state index contributed by atoms with van der Waals surface area (Å²) in [5.74, 6) is 0.849. The van der Waals surface area contributed by atoms with Crippen LogP contribution < -0.4 is 15.8 Å². The Kier molecular flexibility index (Phi) is 5.65. The van der Waals surface area contributed by atoms with Gasteiger partial charge in [-0.2, -0.15) is 0 Å². The van der Waals surface area contributed by atoms with Crippen molar-refractivity contribution in [3.05, 3.63) is 23.8 Å². The van der Waals surface area contributed by atoms with Crippen LogP contribution in [0.2, 0.25) is 0 Å². The standard InChI is InChI=1S/C14H22N2O2/c1-10(2)18-13-7-6-12(9-11(13)3)16-14(17)5-4-8-15/h6-7,9-10H,4-5,8,15H2,1-3H3,(H,16,17). The number of amides is 1. The summed E-state index contributed by atoms with van der Waals surface area (Å²) < 4.78 is 5.64. The first-order chi connectivity index (χ1) is 8.52. The summed E-state index contributed by atoms with van der Waals surface area (Å²) in [6, 6.07) is 5.65. The zero-order valence-electron chi connectivity index (χ0n) is 11.3. The quantitative estimate of drug-likeness (QED) is 0.815. The van der Waals surface area contributed by atoms with Crippen LogP contribution in [0.4, 0.5) is 5.69 Å². The van der Waals surface area contributed by atoms with Gasteiger partial charge in [-0.3, -0.25) is 4.79 Å². The molecule has 0 atom stereocenters. The molecular weight excluding hydrogens is 228 g/mol. The molecule has 0 aliphatic heterocycles. The molecule has 0 spiro atoms. The van der Waals surface area contributed by atoms with Crippen LogP contribution >= 0.6 is 0 Å². The van der Waals surface area contributed by atoms with Crippen molar-refractivity contribution < 1.29 is 9.53 Å². The maximum atomic E-state index is 11.5. The number of carbonyl (C=O) groups is 1. The second-order valence-corrected chi connectivity index (χ2v) is 4.59. The van der Waals surface area contributed by atoms with Gasteiger partial charge in [0.2, 0.25) is 5.91 Å². The number of aryl methyl sites for hydroxylation is 1. The molecular formula is C14H22N2O2. The van der Waals surface area contributed by atoms with Gasteiger partial charge in [0.15, 0.2) is 0 Å². The van der Waals surface area contributed by atoms with Gasteiger partial charge < -0.3 is 15.8 Å². The second-order valence-electron chi connectivity index (χ2n) is 4.59. The Morgan fingerprint density at radius 1 is 1.44 bits per heavy atom. The molecule has 0 radical (unpaired) electrons. The first kappa shape index (κ1) is 14.5. The third-order valence-corrected chi connectivity index (χ3v) is 2.43. The minimum atomic E-state index is -0.00243. The van der Waals surface area contributed by atoms with Crippen LogP contribution in [0.25, 0.3) is 0 Å². The van der Waals surface area contributed by atoms with Crippen molar-refractivity contribution in [1.82, 2.24) is 0 Å². The van der Waals surface area contributed by atoms with E-state index in [1.54, 1.807) is 0 Å². The minimum absolute atomic E-state index is 0.00243. The zero-order valence-corrected chi connectivity index (χ0v) is 11.3. The molecule has 0 heterocycles. The molecule has 1 aromatic rings. The van der Waals surface area contributed by atoms with Crippen LogP contribution in [-0.2, 0) is 4.79 Å². The van der Waals surface area contributed by atoms with E-state index >= 15 is 0 Å². The lowest BCUT2D eigenvalue weighted by atomic mass is 10.2. The van der Waals surface area contributed by atoms with Crippen molar-refractivity contribution in [2.45, 2.75) is 39.7 Å². The van der Waals surface area contributed by atoms with Gasteiger partial charge in [-0.15, -0.1) is 0 Å². The molecule has 0 bridgehead atoms. The van der Waals surface area contributed by atoms with Gasteiger partial charge in [-0.05, 0) is 57.5 Å². The van der Waals surface area contributed by atoms with Crippen molar-refractivity contribution in [3.63, 3.8) is 0 Å². The predicted molar refractivity (Wildman–Crippen MR) is 73.9 cm³/mol. The van der Waals surface area contributed by atoms with E-state index in [0.717, 1.165) is 17.0 Å². The van der Waals surface area contributed by atoms with Crippen LogP contribution in [0, 0.1) is 6.92 Å². The number of nitrogens with one attached hydrogen (secondary N) is 1. The second kappa shape index (κ2) is 7.01. The van der Waals surface area contributed by atoms with Gasteiger partial charge in [0.1, 0.15) is 5.75 Å². The molecule has 18 heavy (non-hydrogen) atoms. The summed E-state index contributed by atoms with van der Waals surface area (Å²) in [5, 5.41) is 2.85. The molecule has 0 fully saturated rings. The summed E-state index contributed by atoms with van der Waals surface area (Å²) in [6.45, 7) is 6.48. The van der Waals surface area contributed by atoms with Crippen LogP contribution in [0.5, 0.6) is 5.75 Å². The number of hydrogen-bond donors (Lipinski definition) is 2. The van der Waals surface area contributed by atoms with Crippen LogP contribution in [0.1, 0.15) is 32.3 Å². The van der Waals surface area contributed by atoms with E-state index in [-0.39, 0.29) is 12.0 Å². The van der Waals surface area contributed by atoms with Crippen molar-refractivity contribution in [2.24, 2.45) is 5.73 Å². The van der Waals surface area contributed by atoms with Gasteiger partial charge in [0.05, 0.1) is 6.10 Å². The Bertz CT molecular complexity index is 403. The average Bonchev–Trinajstić information content (AvgIpc) is 2.29. The fourth-order valence-corrected chi connectivity index (χ4v) is 1.60. The first-order valence-electron chi connectivity index (χ1n) is 6.30. The highest BCUT2D eigenvalue weighted by molar-refractivity contribution is 5.90. The molecule has 1 rings (SSSR count). The molecule has 0 aliphatic rings. The van der Waals surface area contributed by atoms with E-state index in [1.807, 2.05) is 39.0 Å². The number of benzene rings is 1. The van der Waals surface area contributed by atoms with Crippen molar-refractivity contribution >= 4 is 11.6 Å². The van der Waals surface area contributed by atoms with E-state index in [0.29, 0.717) is 19.4 Å². The summed E-state index contributed by atoms with van der Waals surface area (Å²) in [6.07, 6.45) is 1.31. The lowest BCUT2D eigenvalue weighted by Crippen LogP contribution is -2.13. The van der Waals surface area contributed by atoms with Gasteiger partial charge in [0.25, 0.3) is 0 Å². The van der Waals surface area contributed by atoms with Gasteiger partial charge in [-0.1, -0.05) is 0 Å². The SMILES string of the molecule is Cc1cc(NC(=O)CCCN)ccc1OC(C)C. The molecule has 0 unspecified atom stereocenters. The normalized spacial score (nSPS) is 10.5. The van der Waals surface area contributed by atoms with Gasteiger partial charge in [-0.25, -0.2) is 0 Å². The predicted octanol–water partition coefficient (Wildman–Crippen LogP) is 2.46. The number of carbonyl (C=O) groups excluding carboxylic acids is 1. The van der Waals surface area contributed by atoms with E-state index < -0.39 is 0 Å². The molecule has 1 amide bonds. The molecule has 4 heteroatoms. The largest absolute Gasteiger partial charge is 0.491 e. The minimum Gasteiger partial charge on any atom is -0.491 e. The topological polar surface area (TPSA) is 64.4 Å². The average molecular weight is 250 g/mol. The third kappa shape index (κ3) is 4.75. The lowest BCUT2D eigenvalue weighted by Gasteiger charge is -2.13. The van der Waals surface area contributed by atoms with Crippen molar-refractivity contribution in [2.75, 3.05) is 11.9 Å². The maximum Gasteiger partial charge on any atom is 0.224 e. The van der Waals surface area contributed by atoms with Gasteiger partial charge >= 0.3 is 0 Å². The molecule has 0 saturated heterocycles. The number of rotatable bonds is 6. The van der Waals surface area contributed by atoms with E-state index in [1.165, 1.54) is 0 Å². The molecule has 4 nitrogen and oxygen atoms in total. The Morgan fingerprint density at radius 3 is 2.72 bits per heavy atom. The monoisotopic (exact) mass is 250 g/mol. The summed E-state index contributed by atoms with van der Waals surface area (Å²) in [7, 11) is 0. The van der Waals surface area contributed by atoms with E-state index in [2.05, 4.69) is 5.32 Å². The highest BCUT2D eigenvalue weighted by Gasteiger charge is 2.05. The van der Waals surface area contributed by atoms with Crippen molar-refractivity contribution in [1.29, 1.82) is 0 Å². The Morgan fingerprint density at radius 2 is 2.17 bits per heavy atom. The third-order valence-electron chi connectivity index (χ3n) is 2.43. The molecule has 100 valence electrons. The number of ether oxygens (including phenoxy) is 1. The Labute approximate surface area is 109 Å². The highest BCUT2D eigenvalue weighted by Crippen LogP contribution is 2.23.